The Hall–Kier alpha value is -0.910. The molecule has 0 N–H and O–H groups in total. The third-order valence-electron chi connectivity index (χ3n) is 4.97. The molecule has 1 spiro atoms. The maximum atomic E-state index is 12.8. The van der Waals surface area contributed by atoms with Gasteiger partial charge in [-0.25, -0.2) is 0 Å². The fourth-order valence-electron chi connectivity index (χ4n) is 3.72. The van der Waals surface area contributed by atoms with Crippen molar-refractivity contribution in [3.05, 3.63) is 21.9 Å². The van der Waals surface area contributed by atoms with Crippen LogP contribution >= 0.6 is 11.3 Å². The van der Waals surface area contributed by atoms with E-state index in [1.54, 1.807) is 11.3 Å². The number of carbonyl (C=O) groups is 1. The molecule has 3 rings (SSSR count). The van der Waals surface area contributed by atoms with Crippen molar-refractivity contribution in [3.63, 3.8) is 0 Å². The van der Waals surface area contributed by atoms with Gasteiger partial charge in [-0.2, -0.15) is 0 Å². The lowest BCUT2D eigenvalue weighted by Crippen LogP contribution is -2.56. The molecule has 2 aliphatic rings. The van der Waals surface area contributed by atoms with Gasteiger partial charge in [0.05, 0.1) is 30.2 Å². The second kappa shape index (κ2) is 6.69. The number of thiophene rings is 1. The molecule has 2 heterocycles. The summed E-state index contributed by atoms with van der Waals surface area (Å²) in [6, 6.07) is 2.02. The maximum absolute atomic E-state index is 12.8. The van der Waals surface area contributed by atoms with Crippen molar-refractivity contribution in [3.8, 4) is 0 Å². The van der Waals surface area contributed by atoms with Crippen molar-refractivity contribution in [2.45, 2.75) is 38.7 Å². The predicted octanol–water partition coefficient (Wildman–Crippen LogP) is 3.10. The van der Waals surface area contributed by atoms with Crippen LogP contribution in [0.25, 0.3) is 0 Å². The van der Waals surface area contributed by atoms with Crippen LogP contribution < -0.4 is 0 Å². The molecule has 2 atom stereocenters. The molecule has 0 aromatic carbocycles. The summed E-state index contributed by atoms with van der Waals surface area (Å²) in [6.07, 6.45) is 3.34. The Labute approximate surface area is 136 Å². The lowest BCUT2D eigenvalue weighted by Gasteiger charge is -2.44. The fourth-order valence-corrected chi connectivity index (χ4v) is 4.62. The molecule has 1 aromatic rings. The molecule has 0 unspecified atom stereocenters. The highest BCUT2D eigenvalue weighted by atomic mass is 32.1. The molecular weight excluding hydrogens is 298 g/mol. The summed E-state index contributed by atoms with van der Waals surface area (Å²) in [5.74, 6) is 0.574. The molecule has 4 nitrogen and oxygen atoms in total. The standard InChI is InChI=1S/C17H25NO3S/c1-3-20-11-14-5-4-7-17(14)12-18(8-9-21-17)16(19)15-13(2)6-10-22-15/h6,10,14H,3-5,7-9,11-12H2,1-2H3/t14-,17+/m0/s1. The fraction of sp³-hybridized carbons (Fsp3) is 0.706. The highest BCUT2D eigenvalue weighted by Crippen LogP contribution is 2.41. The molecule has 122 valence electrons. The highest BCUT2D eigenvalue weighted by Gasteiger charge is 2.48. The topological polar surface area (TPSA) is 38.8 Å². The van der Waals surface area contributed by atoms with E-state index in [1.807, 2.05) is 30.2 Å². The normalized spacial score (nSPS) is 28.5. The maximum Gasteiger partial charge on any atom is 0.264 e. The van der Waals surface area contributed by atoms with E-state index < -0.39 is 0 Å². The summed E-state index contributed by atoms with van der Waals surface area (Å²) in [7, 11) is 0. The van der Waals surface area contributed by atoms with E-state index in [1.165, 1.54) is 0 Å². The first-order valence-electron chi connectivity index (χ1n) is 8.21. The molecule has 1 saturated carbocycles. The summed E-state index contributed by atoms with van der Waals surface area (Å²) >= 11 is 1.54. The van der Waals surface area contributed by atoms with Crippen LogP contribution in [0.1, 0.15) is 41.4 Å². The lowest BCUT2D eigenvalue weighted by atomic mass is 9.89. The van der Waals surface area contributed by atoms with E-state index >= 15 is 0 Å². The van der Waals surface area contributed by atoms with Crippen molar-refractivity contribution >= 4 is 17.2 Å². The van der Waals surface area contributed by atoms with E-state index in [4.69, 9.17) is 9.47 Å². The summed E-state index contributed by atoms with van der Waals surface area (Å²) in [4.78, 5) is 15.7. The Bertz CT molecular complexity index is 530. The third kappa shape index (κ3) is 2.94. The van der Waals surface area contributed by atoms with Gasteiger partial charge < -0.3 is 14.4 Å². The number of hydrogen-bond donors (Lipinski definition) is 0. The number of rotatable bonds is 4. The monoisotopic (exact) mass is 323 g/mol. The number of morpholine rings is 1. The van der Waals surface area contributed by atoms with E-state index in [9.17, 15) is 4.79 Å². The van der Waals surface area contributed by atoms with E-state index in [-0.39, 0.29) is 11.5 Å². The van der Waals surface area contributed by atoms with E-state index in [0.29, 0.717) is 25.6 Å². The quantitative estimate of drug-likeness (QED) is 0.854. The third-order valence-corrected chi connectivity index (χ3v) is 5.98. The molecule has 0 radical (unpaired) electrons. The molecule has 1 aliphatic heterocycles. The van der Waals surface area contributed by atoms with Gasteiger partial charge in [-0.3, -0.25) is 4.79 Å². The van der Waals surface area contributed by atoms with Crippen LogP contribution in [0.4, 0.5) is 0 Å². The van der Waals surface area contributed by atoms with Gasteiger partial charge >= 0.3 is 0 Å². The molecular formula is C17H25NO3S. The van der Waals surface area contributed by atoms with Crippen LogP contribution in [0.15, 0.2) is 11.4 Å². The van der Waals surface area contributed by atoms with Gasteiger partial charge in [0, 0.05) is 19.1 Å². The van der Waals surface area contributed by atoms with Gasteiger partial charge in [0.1, 0.15) is 0 Å². The van der Waals surface area contributed by atoms with Gasteiger partial charge in [0.2, 0.25) is 0 Å². The van der Waals surface area contributed by atoms with Crippen LogP contribution in [-0.4, -0.2) is 49.3 Å². The second-order valence-corrected chi connectivity index (χ2v) is 7.24. The average Bonchev–Trinajstić information content (AvgIpc) is 3.11. The molecule has 2 fully saturated rings. The largest absolute Gasteiger partial charge is 0.381 e. The first-order chi connectivity index (χ1) is 10.7. The van der Waals surface area contributed by atoms with Crippen molar-refractivity contribution in [1.82, 2.24) is 4.90 Å². The minimum atomic E-state index is -0.186. The van der Waals surface area contributed by atoms with Gasteiger partial charge in [-0.05, 0) is 43.7 Å². The summed E-state index contributed by atoms with van der Waals surface area (Å²) in [5, 5.41) is 1.99. The molecule has 1 aliphatic carbocycles. The minimum absolute atomic E-state index is 0.164. The first kappa shape index (κ1) is 16.0. The predicted molar refractivity (Wildman–Crippen MR) is 87.5 cm³/mol. The first-order valence-corrected chi connectivity index (χ1v) is 9.09. The zero-order valence-electron chi connectivity index (χ0n) is 13.5. The number of carbonyl (C=O) groups excluding carboxylic acids is 1. The molecule has 1 amide bonds. The van der Waals surface area contributed by atoms with Crippen molar-refractivity contribution in [2.24, 2.45) is 5.92 Å². The number of amides is 1. The van der Waals surface area contributed by atoms with Gasteiger partial charge in [-0.1, -0.05) is 6.42 Å². The molecule has 22 heavy (non-hydrogen) atoms. The Morgan fingerprint density at radius 1 is 1.59 bits per heavy atom. The van der Waals surface area contributed by atoms with Crippen LogP contribution in [-0.2, 0) is 9.47 Å². The summed E-state index contributed by atoms with van der Waals surface area (Å²) in [6.45, 7) is 7.56. The van der Waals surface area contributed by atoms with E-state index in [2.05, 4.69) is 0 Å². The highest BCUT2D eigenvalue weighted by molar-refractivity contribution is 7.12. The van der Waals surface area contributed by atoms with Crippen molar-refractivity contribution in [1.29, 1.82) is 0 Å². The molecule has 1 saturated heterocycles. The summed E-state index contributed by atoms with van der Waals surface area (Å²) in [5.41, 5.74) is 0.890. The Morgan fingerprint density at radius 2 is 2.45 bits per heavy atom. The van der Waals surface area contributed by atoms with Crippen molar-refractivity contribution < 1.29 is 14.3 Å². The Balaban J connectivity index is 1.73. The minimum Gasteiger partial charge on any atom is -0.381 e. The van der Waals surface area contributed by atoms with Gasteiger partial charge in [0.15, 0.2) is 0 Å². The number of aryl methyl sites for hydroxylation is 1. The Morgan fingerprint density at radius 3 is 3.18 bits per heavy atom. The van der Waals surface area contributed by atoms with Crippen LogP contribution in [0.3, 0.4) is 0 Å². The summed E-state index contributed by atoms with van der Waals surface area (Å²) < 4.78 is 11.8. The van der Waals surface area contributed by atoms with Crippen LogP contribution in [0.2, 0.25) is 0 Å². The molecule has 0 bridgehead atoms. The Kier molecular flexibility index (Phi) is 4.85. The van der Waals surface area contributed by atoms with E-state index in [0.717, 1.165) is 42.9 Å². The van der Waals surface area contributed by atoms with Gasteiger partial charge in [-0.15, -0.1) is 11.3 Å². The molecule has 1 aromatic heterocycles. The average molecular weight is 323 g/mol. The molecule has 5 heteroatoms. The SMILES string of the molecule is CCOC[C@@H]1CCC[C@@]12CN(C(=O)c1sccc1C)CCO2. The zero-order chi connectivity index (χ0) is 15.6. The van der Waals surface area contributed by atoms with Gasteiger partial charge in [0.25, 0.3) is 5.91 Å². The van der Waals surface area contributed by atoms with Crippen LogP contribution in [0.5, 0.6) is 0 Å². The van der Waals surface area contributed by atoms with Crippen molar-refractivity contribution in [2.75, 3.05) is 32.9 Å². The lowest BCUT2D eigenvalue weighted by molar-refractivity contribution is -0.132. The zero-order valence-corrected chi connectivity index (χ0v) is 14.3. The number of nitrogens with zero attached hydrogens (tertiary/aromatic N) is 1. The number of hydrogen-bond acceptors (Lipinski definition) is 4. The second-order valence-electron chi connectivity index (χ2n) is 6.32. The van der Waals surface area contributed by atoms with Crippen LogP contribution in [0, 0.1) is 12.8 Å². The number of ether oxygens (including phenoxy) is 2. The smallest absolute Gasteiger partial charge is 0.264 e.